The molecule has 1 aromatic carbocycles. The molecule has 0 bridgehead atoms. The van der Waals surface area contributed by atoms with Crippen molar-refractivity contribution >= 4 is 18.3 Å². The van der Waals surface area contributed by atoms with Gasteiger partial charge in [0, 0.05) is 12.6 Å². The summed E-state index contributed by atoms with van der Waals surface area (Å²) in [5.41, 5.74) is -0.480. The topological polar surface area (TPSA) is 32.3 Å². The fraction of sp³-hybridized carbons (Fsp3) is 0.588. The Labute approximate surface area is 146 Å². The van der Waals surface area contributed by atoms with Gasteiger partial charge >= 0.3 is 6.18 Å². The molecule has 134 valence electrons. The molecule has 0 radical (unpaired) electrons. The first-order valence-electron chi connectivity index (χ1n) is 8.10. The number of nitrogens with one attached hydrogen (secondary N) is 1. The summed E-state index contributed by atoms with van der Waals surface area (Å²) < 4.78 is 39.3. The van der Waals surface area contributed by atoms with Crippen molar-refractivity contribution in [2.45, 2.75) is 44.4 Å². The predicted octanol–water partition coefficient (Wildman–Crippen LogP) is 3.62. The van der Waals surface area contributed by atoms with Gasteiger partial charge in [-0.05, 0) is 49.8 Å². The van der Waals surface area contributed by atoms with Gasteiger partial charge in [-0.15, -0.1) is 12.4 Å². The summed E-state index contributed by atoms with van der Waals surface area (Å²) in [6.07, 6.45) is -0.233. The Morgan fingerprint density at radius 2 is 1.83 bits per heavy atom. The number of carbonyl (C=O) groups excluding carboxylic acids is 1. The number of hydrogen-bond donors (Lipinski definition) is 1. The van der Waals surface area contributed by atoms with Crippen LogP contribution in [0.15, 0.2) is 24.3 Å². The van der Waals surface area contributed by atoms with Crippen LogP contribution < -0.4 is 5.32 Å². The van der Waals surface area contributed by atoms with E-state index in [1.165, 1.54) is 25.0 Å². The molecule has 1 N–H and O–H groups in total. The van der Waals surface area contributed by atoms with Gasteiger partial charge in [-0.2, -0.15) is 13.2 Å². The maximum atomic E-state index is 13.1. The van der Waals surface area contributed by atoms with E-state index in [1.54, 1.807) is 11.0 Å². The molecule has 3 nitrogen and oxygen atoms in total. The number of rotatable bonds is 7. The fourth-order valence-electron chi connectivity index (χ4n) is 2.73. The van der Waals surface area contributed by atoms with Crippen LogP contribution in [0.4, 0.5) is 13.2 Å². The van der Waals surface area contributed by atoms with E-state index < -0.39 is 11.7 Å². The summed E-state index contributed by atoms with van der Waals surface area (Å²) in [7, 11) is 0. The molecule has 0 unspecified atom stereocenters. The summed E-state index contributed by atoms with van der Waals surface area (Å²) in [4.78, 5) is 14.0. The monoisotopic (exact) mass is 362 g/mol. The highest BCUT2D eigenvalue weighted by Gasteiger charge is 2.36. The molecule has 0 spiro atoms. The summed E-state index contributed by atoms with van der Waals surface area (Å²) in [5.74, 6) is 0.563. The van der Waals surface area contributed by atoms with Crippen LogP contribution in [0.2, 0.25) is 0 Å². The van der Waals surface area contributed by atoms with Crippen molar-refractivity contribution in [1.82, 2.24) is 10.2 Å². The molecular formula is C17H22ClF3N2O. The summed E-state index contributed by atoms with van der Waals surface area (Å²) >= 11 is 0. The molecule has 0 aromatic heterocycles. The molecule has 1 aromatic rings. The molecule has 0 aliphatic heterocycles. The van der Waals surface area contributed by atoms with Gasteiger partial charge < -0.3 is 10.2 Å². The van der Waals surface area contributed by atoms with Gasteiger partial charge in [-0.3, -0.25) is 4.79 Å². The van der Waals surface area contributed by atoms with E-state index in [0.29, 0.717) is 5.92 Å². The average Bonchev–Trinajstić information content (AvgIpc) is 3.36. The van der Waals surface area contributed by atoms with Gasteiger partial charge in [0.1, 0.15) is 0 Å². The van der Waals surface area contributed by atoms with Gasteiger partial charge in [0.2, 0.25) is 5.91 Å². The highest BCUT2D eigenvalue weighted by molar-refractivity contribution is 5.85. The SMILES string of the molecule is Cl.O=C(CNCC1CC1)N(Cc1ccccc1C(F)(F)F)C1CC1. The highest BCUT2D eigenvalue weighted by atomic mass is 35.5. The molecule has 2 aliphatic rings. The van der Waals surface area contributed by atoms with Crippen LogP contribution >= 0.6 is 12.4 Å². The Morgan fingerprint density at radius 1 is 1.17 bits per heavy atom. The molecule has 3 rings (SSSR count). The minimum Gasteiger partial charge on any atom is -0.334 e. The third-order valence-corrected chi connectivity index (χ3v) is 4.38. The lowest BCUT2D eigenvalue weighted by Gasteiger charge is -2.24. The maximum absolute atomic E-state index is 13.1. The predicted molar refractivity (Wildman–Crippen MR) is 87.9 cm³/mol. The first kappa shape index (κ1) is 19.1. The molecule has 0 heterocycles. The number of benzene rings is 1. The zero-order chi connectivity index (χ0) is 16.4. The lowest BCUT2D eigenvalue weighted by atomic mass is 10.1. The number of alkyl halides is 3. The Balaban J connectivity index is 0.00000208. The van der Waals surface area contributed by atoms with Gasteiger partial charge in [0.25, 0.3) is 0 Å². The van der Waals surface area contributed by atoms with Crippen molar-refractivity contribution < 1.29 is 18.0 Å². The van der Waals surface area contributed by atoms with E-state index in [9.17, 15) is 18.0 Å². The van der Waals surface area contributed by atoms with Gasteiger partial charge in [-0.25, -0.2) is 0 Å². The van der Waals surface area contributed by atoms with Crippen LogP contribution in [0.25, 0.3) is 0 Å². The molecule has 7 heteroatoms. The Kier molecular flexibility index (Phi) is 6.15. The first-order valence-corrected chi connectivity index (χ1v) is 8.10. The third-order valence-electron chi connectivity index (χ3n) is 4.38. The van der Waals surface area contributed by atoms with Crippen molar-refractivity contribution in [3.05, 3.63) is 35.4 Å². The van der Waals surface area contributed by atoms with E-state index >= 15 is 0 Å². The number of hydrogen-bond acceptors (Lipinski definition) is 2. The quantitative estimate of drug-likeness (QED) is 0.803. The van der Waals surface area contributed by atoms with Crippen LogP contribution in [0.5, 0.6) is 0 Å². The van der Waals surface area contributed by atoms with Gasteiger partial charge in [-0.1, -0.05) is 18.2 Å². The van der Waals surface area contributed by atoms with Crippen molar-refractivity contribution in [3.63, 3.8) is 0 Å². The second-order valence-corrected chi connectivity index (χ2v) is 6.48. The van der Waals surface area contributed by atoms with Gasteiger partial charge in [0.05, 0.1) is 12.1 Å². The lowest BCUT2D eigenvalue weighted by Crippen LogP contribution is -2.40. The molecule has 2 saturated carbocycles. The van der Waals surface area contributed by atoms with E-state index in [0.717, 1.165) is 25.5 Å². The number of nitrogens with zero attached hydrogens (tertiary/aromatic N) is 1. The van der Waals surface area contributed by atoms with Crippen LogP contribution in [-0.4, -0.2) is 29.9 Å². The second kappa shape index (κ2) is 7.74. The maximum Gasteiger partial charge on any atom is 0.416 e. The zero-order valence-electron chi connectivity index (χ0n) is 13.3. The average molecular weight is 363 g/mol. The number of carbonyl (C=O) groups is 1. The zero-order valence-corrected chi connectivity index (χ0v) is 14.1. The van der Waals surface area contributed by atoms with Crippen molar-refractivity contribution in [1.29, 1.82) is 0 Å². The Bertz CT molecular complexity index is 571. The summed E-state index contributed by atoms with van der Waals surface area (Å²) in [6.45, 7) is 1.06. The van der Waals surface area contributed by atoms with E-state index in [-0.39, 0.29) is 43.0 Å². The van der Waals surface area contributed by atoms with Crippen LogP contribution in [0, 0.1) is 5.92 Å². The van der Waals surface area contributed by atoms with Crippen molar-refractivity contribution in [3.8, 4) is 0 Å². The summed E-state index contributed by atoms with van der Waals surface area (Å²) in [5, 5.41) is 3.13. The number of amides is 1. The minimum absolute atomic E-state index is 0. The van der Waals surface area contributed by atoms with Crippen LogP contribution in [-0.2, 0) is 17.5 Å². The first-order chi connectivity index (χ1) is 10.9. The fourth-order valence-corrected chi connectivity index (χ4v) is 2.73. The molecule has 2 fully saturated rings. The van der Waals surface area contributed by atoms with E-state index in [1.807, 2.05) is 0 Å². The van der Waals surface area contributed by atoms with Crippen LogP contribution in [0.3, 0.4) is 0 Å². The van der Waals surface area contributed by atoms with E-state index in [2.05, 4.69) is 5.32 Å². The molecule has 0 saturated heterocycles. The lowest BCUT2D eigenvalue weighted by molar-refractivity contribution is -0.140. The molecule has 24 heavy (non-hydrogen) atoms. The smallest absolute Gasteiger partial charge is 0.334 e. The third kappa shape index (κ3) is 5.11. The second-order valence-electron chi connectivity index (χ2n) is 6.48. The molecule has 1 amide bonds. The Morgan fingerprint density at radius 3 is 2.42 bits per heavy atom. The van der Waals surface area contributed by atoms with Crippen molar-refractivity contribution in [2.24, 2.45) is 5.92 Å². The largest absolute Gasteiger partial charge is 0.416 e. The minimum atomic E-state index is -4.39. The Hall–Kier alpha value is -1.27. The highest BCUT2D eigenvalue weighted by Crippen LogP contribution is 2.34. The number of halogens is 4. The van der Waals surface area contributed by atoms with Gasteiger partial charge in [0.15, 0.2) is 0 Å². The molecular weight excluding hydrogens is 341 g/mol. The summed E-state index contributed by atoms with van der Waals surface area (Å²) in [6, 6.07) is 5.60. The van der Waals surface area contributed by atoms with Crippen molar-refractivity contribution in [2.75, 3.05) is 13.1 Å². The standard InChI is InChI=1S/C17H21F3N2O.ClH/c18-17(19,20)15-4-2-1-3-13(15)11-22(14-7-8-14)16(23)10-21-9-12-5-6-12;/h1-4,12,14,21H,5-11H2;1H. The van der Waals surface area contributed by atoms with E-state index in [4.69, 9.17) is 0 Å². The molecule has 2 aliphatic carbocycles. The molecule has 0 atom stereocenters. The van der Waals surface area contributed by atoms with Crippen LogP contribution in [0.1, 0.15) is 36.8 Å². The normalized spacial score (nSPS) is 17.3.